The van der Waals surface area contributed by atoms with E-state index in [1.54, 1.807) is 19.3 Å². The summed E-state index contributed by atoms with van der Waals surface area (Å²) in [5, 5.41) is 7.76. The molecule has 4 aromatic rings. The quantitative estimate of drug-likeness (QED) is 0.454. The van der Waals surface area contributed by atoms with Gasteiger partial charge in [0.1, 0.15) is 5.82 Å². The molecule has 0 aliphatic carbocycles. The lowest BCUT2D eigenvalue weighted by Gasteiger charge is -2.16. The second-order valence-corrected chi connectivity index (χ2v) is 7.77. The third-order valence-corrected chi connectivity index (χ3v) is 5.83. The summed E-state index contributed by atoms with van der Waals surface area (Å²) >= 11 is 1.38. The molecule has 148 valence electrons. The number of hydrogen-bond donors (Lipinski definition) is 3. The summed E-state index contributed by atoms with van der Waals surface area (Å²) in [6, 6.07) is 11.8. The number of amides is 1. The summed E-state index contributed by atoms with van der Waals surface area (Å²) in [6.45, 7) is 0.259. The number of rotatable bonds is 6. The summed E-state index contributed by atoms with van der Waals surface area (Å²) in [5.41, 5.74) is 7.44. The Morgan fingerprint density at radius 1 is 1.24 bits per heavy atom. The van der Waals surface area contributed by atoms with E-state index in [-0.39, 0.29) is 24.3 Å². The molecule has 0 unspecified atom stereocenters. The van der Waals surface area contributed by atoms with Crippen molar-refractivity contribution in [1.29, 1.82) is 0 Å². The number of hydrogen-bond acceptors (Lipinski definition) is 6. The van der Waals surface area contributed by atoms with Gasteiger partial charge in [-0.25, -0.2) is 14.4 Å². The summed E-state index contributed by atoms with van der Waals surface area (Å²) in [4.78, 5) is 22.2. The van der Waals surface area contributed by atoms with Crippen molar-refractivity contribution in [2.75, 3.05) is 18.9 Å². The molecule has 0 saturated carbocycles. The molecule has 29 heavy (non-hydrogen) atoms. The molecule has 0 radical (unpaired) electrons. The van der Waals surface area contributed by atoms with Crippen molar-refractivity contribution < 1.29 is 9.18 Å². The molecule has 0 aliphatic rings. The molecule has 6 nitrogen and oxygen atoms in total. The van der Waals surface area contributed by atoms with Crippen molar-refractivity contribution in [2.45, 2.75) is 12.5 Å². The van der Waals surface area contributed by atoms with Crippen LogP contribution in [0, 0.1) is 5.82 Å². The van der Waals surface area contributed by atoms with Crippen LogP contribution >= 0.6 is 11.3 Å². The molecule has 8 heteroatoms. The molecule has 0 bridgehead atoms. The van der Waals surface area contributed by atoms with Crippen LogP contribution in [-0.4, -0.2) is 35.5 Å². The van der Waals surface area contributed by atoms with E-state index >= 15 is 0 Å². The Balaban J connectivity index is 1.59. The van der Waals surface area contributed by atoms with Gasteiger partial charge in [-0.3, -0.25) is 4.79 Å². The Labute approximate surface area is 171 Å². The van der Waals surface area contributed by atoms with E-state index in [0.717, 1.165) is 26.6 Å². The van der Waals surface area contributed by atoms with Crippen LogP contribution in [0.2, 0.25) is 0 Å². The molecule has 2 aromatic heterocycles. The Morgan fingerprint density at radius 2 is 2.07 bits per heavy atom. The van der Waals surface area contributed by atoms with Gasteiger partial charge in [-0.05, 0) is 35.6 Å². The van der Waals surface area contributed by atoms with Gasteiger partial charge < -0.3 is 16.4 Å². The molecule has 0 spiro atoms. The Morgan fingerprint density at radius 3 is 2.83 bits per heavy atom. The van der Waals surface area contributed by atoms with Gasteiger partial charge in [0.15, 0.2) is 0 Å². The van der Waals surface area contributed by atoms with Crippen LogP contribution in [0.1, 0.15) is 15.2 Å². The predicted molar refractivity (Wildman–Crippen MR) is 115 cm³/mol. The highest BCUT2D eigenvalue weighted by Crippen LogP contribution is 2.32. The van der Waals surface area contributed by atoms with E-state index in [0.29, 0.717) is 17.2 Å². The molecule has 0 fully saturated rings. The van der Waals surface area contributed by atoms with Crippen LogP contribution in [0.4, 0.5) is 10.3 Å². The Hall–Kier alpha value is -3.10. The van der Waals surface area contributed by atoms with Gasteiger partial charge in [-0.15, -0.1) is 11.3 Å². The molecule has 2 heterocycles. The average molecular weight is 409 g/mol. The molecular formula is C21H20FN5OS. The first-order chi connectivity index (χ1) is 14.1. The van der Waals surface area contributed by atoms with Crippen molar-refractivity contribution in [2.24, 2.45) is 5.73 Å². The maximum Gasteiger partial charge on any atom is 0.261 e. The van der Waals surface area contributed by atoms with Crippen LogP contribution in [-0.2, 0) is 6.42 Å². The summed E-state index contributed by atoms with van der Waals surface area (Å²) < 4.78 is 14.3. The molecular weight excluding hydrogens is 389 g/mol. The van der Waals surface area contributed by atoms with E-state index in [1.165, 1.54) is 23.5 Å². The first-order valence-electron chi connectivity index (χ1n) is 9.20. The summed E-state index contributed by atoms with van der Waals surface area (Å²) in [7, 11) is 1.76. The lowest BCUT2D eigenvalue weighted by atomic mass is 10.1. The maximum absolute atomic E-state index is 13.4. The highest BCUT2D eigenvalue weighted by molar-refractivity contribution is 7.21. The highest BCUT2D eigenvalue weighted by Gasteiger charge is 2.17. The number of nitrogens with one attached hydrogen (secondary N) is 2. The van der Waals surface area contributed by atoms with Crippen molar-refractivity contribution in [3.05, 3.63) is 64.9 Å². The van der Waals surface area contributed by atoms with Crippen LogP contribution in [0.5, 0.6) is 0 Å². The van der Waals surface area contributed by atoms with Crippen LogP contribution in [0.25, 0.3) is 21.0 Å². The number of halogens is 1. The molecule has 0 aliphatic heterocycles. The van der Waals surface area contributed by atoms with Gasteiger partial charge in [0.25, 0.3) is 5.91 Å². The topological polar surface area (TPSA) is 92.9 Å². The van der Waals surface area contributed by atoms with Gasteiger partial charge in [-0.2, -0.15) is 0 Å². The lowest BCUT2D eigenvalue weighted by Crippen LogP contribution is -2.41. The lowest BCUT2D eigenvalue weighted by molar-refractivity contribution is 0.0942. The Bertz CT molecular complexity index is 1190. The summed E-state index contributed by atoms with van der Waals surface area (Å²) in [6.07, 6.45) is 2.23. The first-order valence-corrected chi connectivity index (χ1v) is 10.0. The number of nitrogens with two attached hydrogens (primary N) is 1. The molecule has 1 amide bonds. The minimum atomic E-state index is -0.302. The van der Waals surface area contributed by atoms with Crippen LogP contribution in [0.3, 0.4) is 0 Å². The highest BCUT2D eigenvalue weighted by atomic mass is 32.1. The minimum Gasteiger partial charge on any atom is -0.357 e. The van der Waals surface area contributed by atoms with E-state index < -0.39 is 0 Å². The van der Waals surface area contributed by atoms with Crippen LogP contribution in [0.15, 0.2) is 48.7 Å². The monoisotopic (exact) mass is 409 g/mol. The zero-order chi connectivity index (χ0) is 20.4. The molecule has 0 saturated heterocycles. The summed E-state index contributed by atoms with van der Waals surface area (Å²) in [5.74, 6) is 0.0284. The van der Waals surface area contributed by atoms with E-state index in [1.807, 2.05) is 24.3 Å². The number of thiophene rings is 1. The van der Waals surface area contributed by atoms with Gasteiger partial charge in [-0.1, -0.05) is 24.3 Å². The predicted octanol–water partition coefficient (Wildman–Crippen LogP) is 3.33. The Kier molecular flexibility index (Phi) is 5.37. The fraction of sp³-hybridized carbons (Fsp3) is 0.190. The van der Waals surface area contributed by atoms with Crippen molar-refractivity contribution in [1.82, 2.24) is 15.3 Å². The van der Waals surface area contributed by atoms with E-state index in [4.69, 9.17) is 5.73 Å². The first kappa shape index (κ1) is 19.2. The number of nitrogens with zero attached hydrogens (tertiary/aromatic N) is 2. The smallest absolute Gasteiger partial charge is 0.261 e. The van der Waals surface area contributed by atoms with Gasteiger partial charge in [0, 0.05) is 31.2 Å². The molecule has 2 aromatic carbocycles. The third kappa shape index (κ3) is 4.03. The zero-order valence-electron chi connectivity index (χ0n) is 15.8. The second kappa shape index (κ2) is 8.10. The normalized spacial score (nSPS) is 12.2. The van der Waals surface area contributed by atoms with E-state index in [9.17, 15) is 9.18 Å². The SMILES string of the molecule is CNc1ncc2ccc3cc(C(=O)N[C@H](CN)Cc4cccc(F)c4)sc3c2n1. The molecule has 1 atom stereocenters. The molecule has 4 rings (SSSR count). The number of aromatic nitrogens is 2. The van der Waals surface area contributed by atoms with Crippen molar-refractivity contribution >= 4 is 44.2 Å². The largest absolute Gasteiger partial charge is 0.357 e. The number of anilines is 1. The van der Waals surface area contributed by atoms with Gasteiger partial charge in [0.2, 0.25) is 5.95 Å². The second-order valence-electron chi connectivity index (χ2n) is 6.72. The van der Waals surface area contributed by atoms with E-state index in [2.05, 4.69) is 20.6 Å². The maximum atomic E-state index is 13.4. The number of carbonyl (C=O) groups excluding carboxylic acids is 1. The van der Waals surface area contributed by atoms with Crippen LogP contribution < -0.4 is 16.4 Å². The fourth-order valence-electron chi connectivity index (χ4n) is 3.22. The van der Waals surface area contributed by atoms with Gasteiger partial charge in [0.05, 0.1) is 15.1 Å². The minimum absolute atomic E-state index is 0.200. The van der Waals surface area contributed by atoms with Crippen molar-refractivity contribution in [3.8, 4) is 0 Å². The number of carbonyl (C=O) groups is 1. The zero-order valence-corrected chi connectivity index (χ0v) is 16.6. The fourth-order valence-corrected chi connectivity index (χ4v) is 4.28. The average Bonchev–Trinajstić information content (AvgIpc) is 3.18. The standard InChI is InChI=1S/C21H20FN5OS/c1-24-21-25-11-14-6-5-13-9-17(29-19(13)18(14)27-21)20(28)26-16(10-23)8-12-3-2-4-15(22)7-12/h2-7,9,11,16H,8,10,23H2,1H3,(H,26,28)(H,24,25,27)/t16-/m0/s1. The number of fused-ring (bicyclic) bond motifs is 3. The number of benzene rings is 2. The van der Waals surface area contributed by atoms with Crippen molar-refractivity contribution in [3.63, 3.8) is 0 Å². The third-order valence-electron chi connectivity index (χ3n) is 4.67. The molecule has 4 N–H and O–H groups in total. The van der Waals surface area contributed by atoms with Gasteiger partial charge >= 0.3 is 0 Å².